The van der Waals surface area contributed by atoms with Gasteiger partial charge in [-0.15, -0.1) is 35.7 Å². The standard InChI is InChI=1S/C22H34N6O2S.HI/c1-5-23-22(24-12-16(2)15-31-19-9-7-6-8-18(19)30-4)25-17-10-11-21-26-20(14-29-3)27-28(21)13-17;/h6-9,16-17H,5,10-15H2,1-4H3,(H2,23,24,25);1H. The summed E-state index contributed by atoms with van der Waals surface area (Å²) in [6, 6.07) is 8.42. The summed E-state index contributed by atoms with van der Waals surface area (Å²) in [6.45, 7) is 7.15. The molecular formula is C22H35IN6O2S. The Hall–Kier alpha value is -1.53. The lowest BCUT2D eigenvalue weighted by Gasteiger charge is -2.25. The van der Waals surface area contributed by atoms with Gasteiger partial charge < -0.3 is 20.1 Å². The molecule has 2 N–H and O–H groups in total. The molecule has 2 unspecified atom stereocenters. The molecule has 0 amide bonds. The molecule has 178 valence electrons. The van der Waals surface area contributed by atoms with E-state index in [0.29, 0.717) is 12.5 Å². The zero-order chi connectivity index (χ0) is 22.1. The third kappa shape index (κ3) is 7.80. The number of thioether (sulfide) groups is 1. The van der Waals surface area contributed by atoms with Crippen LogP contribution in [0.5, 0.6) is 5.75 Å². The smallest absolute Gasteiger partial charge is 0.191 e. The van der Waals surface area contributed by atoms with Crippen LogP contribution in [0.4, 0.5) is 0 Å². The number of hydrogen-bond acceptors (Lipinski definition) is 6. The van der Waals surface area contributed by atoms with Gasteiger partial charge in [-0.2, -0.15) is 5.10 Å². The van der Waals surface area contributed by atoms with Gasteiger partial charge in [-0.05, 0) is 31.4 Å². The lowest BCUT2D eigenvalue weighted by Crippen LogP contribution is -2.47. The van der Waals surface area contributed by atoms with Gasteiger partial charge in [-0.3, -0.25) is 4.99 Å². The van der Waals surface area contributed by atoms with Crippen LogP contribution in [0.2, 0.25) is 0 Å². The largest absolute Gasteiger partial charge is 0.496 e. The molecule has 3 rings (SSSR count). The molecule has 2 aromatic rings. The number of nitrogens with one attached hydrogen (secondary N) is 2. The van der Waals surface area contributed by atoms with E-state index < -0.39 is 0 Å². The van der Waals surface area contributed by atoms with Crippen LogP contribution in [0.15, 0.2) is 34.2 Å². The summed E-state index contributed by atoms with van der Waals surface area (Å²) in [6.07, 6.45) is 1.91. The molecule has 0 radical (unpaired) electrons. The minimum Gasteiger partial charge on any atom is -0.496 e. The van der Waals surface area contributed by atoms with Crippen molar-refractivity contribution in [2.24, 2.45) is 10.9 Å². The molecule has 8 nitrogen and oxygen atoms in total. The highest BCUT2D eigenvalue weighted by atomic mass is 127. The maximum Gasteiger partial charge on any atom is 0.191 e. The average Bonchev–Trinajstić information content (AvgIpc) is 3.18. The SMILES string of the molecule is CCNC(=NCC(C)CSc1ccccc1OC)NC1CCc2nc(COC)nn2C1.I. The number of halogens is 1. The van der Waals surface area contributed by atoms with Crippen molar-refractivity contribution in [3.8, 4) is 5.75 Å². The molecule has 1 aromatic heterocycles. The molecule has 0 aliphatic carbocycles. The first-order valence-electron chi connectivity index (χ1n) is 10.8. The number of rotatable bonds is 10. The summed E-state index contributed by atoms with van der Waals surface area (Å²) in [7, 11) is 3.38. The quantitative estimate of drug-likeness (QED) is 0.195. The summed E-state index contributed by atoms with van der Waals surface area (Å²) >= 11 is 1.82. The van der Waals surface area contributed by atoms with Crippen molar-refractivity contribution in [3.63, 3.8) is 0 Å². The number of methoxy groups -OCH3 is 2. The van der Waals surface area contributed by atoms with Crippen LogP contribution >= 0.6 is 35.7 Å². The molecule has 0 saturated carbocycles. The first-order chi connectivity index (χ1) is 15.1. The second kappa shape index (κ2) is 13.9. The van der Waals surface area contributed by atoms with Crippen LogP contribution in [-0.4, -0.2) is 59.8 Å². The Morgan fingerprint density at radius 2 is 2.16 bits per heavy atom. The molecule has 1 aliphatic rings. The topological polar surface area (TPSA) is 85.6 Å². The molecule has 0 fully saturated rings. The number of aryl methyl sites for hydroxylation is 1. The highest BCUT2D eigenvalue weighted by Gasteiger charge is 2.22. The van der Waals surface area contributed by atoms with Crippen LogP contribution in [0.1, 0.15) is 31.9 Å². The predicted octanol–water partition coefficient (Wildman–Crippen LogP) is 3.35. The van der Waals surface area contributed by atoms with E-state index in [4.69, 9.17) is 14.5 Å². The number of fused-ring (bicyclic) bond motifs is 1. The Bertz CT molecular complexity index is 863. The molecule has 2 atom stereocenters. The number of aromatic nitrogens is 3. The van der Waals surface area contributed by atoms with E-state index in [0.717, 1.165) is 61.6 Å². The summed E-state index contributed by atoms with van der Waals surface area (Å²) in [5, 5.41) is 11.5. The van der Waals surface area contributed by atoms with E-state index >= 15 is 0 Å². The van der Waals surface area contributed by atoms with Gasteiger partial charge in [0.05, 0.1) is 13.7 Å². The van der Waals surface area contributed by atoms with E-state index in [1.807, 2.05) is 34.6 Å². The van der Waals surface area contributed by atoms with Gasteiger partial charge in [0.2, 0.25) is 0 Å². The Morgan fingerprint density at radius 1 is 1.34 bits per heavy atom. The summed E-state index contributed by atoms with van der Waals surface area (Å²) in [5.74, 6) is 5.00. The molecule has 1 aliphatic heterocycles. The van der Waals surface area contributed by atoms with Crippen molar-refractivity contribution in [1.29, 1.82) is 0 Å². The molecule has 1 aromatic carbocycles. The van der Waals surface area contributed by atoms with Crippen LogP contribution in [0.25, 0.3) is 0 Å². The van der Waals surface area contributed by atoms with Crippen LogP contribution in [0, 0.1) is 5.92 Å². The van der Waals surface area contributed by atoms with Gasteiger partial charge in [-0.1, -0.05) is 19.1 Å². The number of hydrogen-bond donors (Lipinski definition) is 2. The Balaban J connectivity index is 0.00000363. The molecule has 0 bridgehead atoms. The van der Waals surface area contributed by atoms with E-state index in [1.165, 1.54) is 4.90 Å². The maximum absolute atomic E-state index is 5.45. The average molecular weight is 575 g/mol. The summed E-state index contributed by atoms with van der Waals surface area (Å²) in [5.41, 5.74) is 0. The van der Waals surface area contributed by atoms with E-state index in [9.17, 15) is 0 Å². The minimum absolute atomic E-state index is 0. The van der Waals surface area contributed by atoms with Crippen LogP contribution in [-0.2, 0) is 24.3 Å². The predicted molar refractivity (Wildman–Crippen MR) is 140 cm³/mol. The fourth-order valence-corrected chi connectivity index (χ4v) is 4.49. The summed E-state index contributed by atoms with van der Waals surface area (Å²) < 4.78 is 12.6. The first-order valence-corrected chi connectivity index (χ1v) is 11.8. The van der Waals surface area contributed by atoms with Gasteiger partial charge in [0, 0.05) is 43.3 Å². The monoisotopic (exact) mass is 574 g/mol. The van der Waals surface area contributed by atoms with Crippen LogP contribution in [0.3, 0.4) is 0 Å². The van der Waals surface area contributed by atoms with Crippen molar-refractivity contribution < 1.29 is 9.47 Å². The van der Waals surface area contributed by atoms with Crippen molar-refractivity contribution >= 4 is 41.7 Å². The van der Waals surface area contributed by atoms with E-state index in [1.54, 1.807) is 14.2 Å². The first kappa shape index (κ1) is 26.7. The Labute approximate surface area is 212 Å². The lowest BCUT2D eigenvalue weighted by molar-refractivity contribution is 0.177. The number of nitrogens with zero attached hydrogens (tertiary/aromatic N) is 4. The van der Waals surface area contributed by atoms with Crippen LogP contribution < -0.4 is 15.4 Å². The Morgan fingerprint density at radius 3 is 2.91 bits per heavy atom. The molecule has 2 heterocycles. The highest BCUT2D eigenvalue weighted by Crippen LogP contribution is 2.30. The van der Waals surface area contributed by atoms with Gasteiger partial charge in [-0.25, -0.2) is 9.67 Å². The van der Waals surface area contributed by atoms with Gasteiger partial charge in [0.1, 0.15) is 18.2 Å². The molecule has 0 saturated heterocycles. The zero-order valence-electron chi connectivity index (χ0n) is 19.3. The molecular weight excluding hydrogens is 539 g/mol. The number of para-hydroxylation sites is 1. The van der Waals surface area contributed by atoms with Gasteiger partial charge in [0.15, 0.2) is 11.8 Å². The maximum atomic E-state index is 5.45. The zero-order valence-corrected chi connectivity index (χ0v) is 22.5. The summed E-state index contributed by atoms with van der Waals surface area (Å²) in [4.78, 5) is 10.6. The normalized spacial score (nSPS) is 16.6. The Kier molecular flexibility index (Phi) is 11.6. The minimum atomic E-state index is 0. The van der Waals surface area contributed by atoms with Crippen molar-refractivity contribution in [3.05, 3.63) is 35.9 Å². The van der Waals surface area contributed by atoms with Gasteiger partial charge in [0.25, 0.3) is 0 Å². The highest BCUT2D eigenvalue weighted by molar-refractivity contribution is 14.0. The van der Waals surface area contributed by atoms with Crippen molar-refractivity contribution in [2.45, 2.75) is 50.8 Å². The number of guanidine groups is 1. The number of ether oxygens (including phenoxy) is 2. The second-order valence-corrected chi connectivity index (χ2v) is 8.79. The lowest BCUT2D eigenvalue weighted by atomic mass is 10.1. The van der Waals surface area contributed by atoms with Crippen molar-refractivity contribution in [2.75, 3.05) is 33.1 Å². The van der Waals surface area contributed by atoms with E-state index in [-0.39, 0.29) is 30.0 Å². The third-order valence-corrected chi connectivity index (χ3v) is 6.40. The molecule has 32 heavy (non-hydrogen) atoms. The third-order valence-electron chi connectivity index (χ3n) is 5.01. The second-order valence-electron chi connectivity index (χ2n) is 7.73. The van der Waals surface area contributed by atoms with Crippen molar-refractivity contribution in [1.82, 2.24) is 25.4 Å². The van der Waals surface area contributed by atoms with E-state index in [2.05, 4.69) is 40.6 Å². The molecule has 0 spiro atoms. The fourth-order valence-electron chi connectivity index (χ4n) is 3.45. The molecule has 10 heteroatoms. The number of benzene rings is 1. The fraction of sp³-hybridized carbons (Fsp3) is 0.591. The number of aliphatic imine (C=N–C) groups is 1. The van der Waals surface area contributed by atoms with Gasteiger partial charge >= 0.3 is 0 Å².